The zero-order chi connectivity index (χ0) is 15.0. The minimum Gasteiger partial charge on any atom is -0.497 e. The fraction of sp³-hybridized carbons (Fsp3) is 0.125. The van der Waals surface area contributed by atoms with E-state index in [1.807, 2.05) is 37.3 Å². The Morgan fingerprint density at radius 3 is 2.62 bits per heavy atom. The fourth-order valence-corrected chi connectivity index (χ4v) is 2.55. The molecule has 3 rings (SSSR count). The van der Waals surface area contributed by atoms with E-state index >= 15 is 0 Å². The maximum Gasteiger partial charge on any atom is 0.161 e. The Kier molecular flexibility index (Phi) is 3.70. The number of aromatic nitrogens is 2. The van der Waals surface area contributed by atoms with Crippen LogP contribution in [-0.4, -0.2) is 17.1 Å². The van der Waals surface area contributed by atoms with Crippen LogP contribution in [0.3, 0.4) is 0 Å². The lowest BCUT2D eigenvalue weighted by Gasteiger charge is -2.08. The highest BCUT2D eigenvalue weighted by Gasteiger charge is 2.12. The van der Waals surface area contributed by atoms with E-state index in [1.165, 1.54) is 0 Å². The monoisotopic (exact) mass is 318 g/mol. The fourth-order valence-electron chi connectivity index (χ4n) is 2.16. The van der Waals surface area contributed by atoms with Gasteiger partial charge in [-0.05, 0) is 36.8 Å². The summed E-state index contributed by atoms with van der Waals surface area (Å²) in [6.45, 7) is 1.92. The van der Waals surface area contributed by atoms with E-state index in [9.17, 15) is 0 Å². The summed E-state index contributed by atoms with van der Waals surface area (Å²) in [5.41, 5.74) is 2.50. The van der Waals surface area contributed by atoms with E-state index in [4.69, 9.17) is 27.9 Å². The minimum atomic E-state index is 0.414. The Morgan fingerprint density at radius 2 is 1.86 bits per heavy atom. The predicted molar refractivity (Wildman–Crippen MR) is 86.3 cm³/mol. The summed E-state index contributed by atoms with van der Waals surface area (Å²) >= 11 is 12.4. The highest BCUT2D eigenvalue weighted by atomic mass is 35.5. The first kappa shape index (κ1) is 14.1. The molecule has 0 aliphatic carbocycles. The number of ether oxygens (including phenoxy) is 1. The smallest absolute Gasteiger partial charge is 0.161 e. The Balaban J connectivity index is 2.26. The van der Waals surface area contributed by atoms with Crippen molar-refractivity contribution in [2.75, 3.05) is 7.11 Å². The van der Waals surface area contributed by atoms with Gasteiger partial charge in [0.25, 0.3) is 0 Å². The molecule has 3 aromatic rings. The molecule has 0 aliphatic rings. The van der Waals surface area contributed by atoms with Gasteiger partial charge >= 0.3 is 0 Å². The van der Waals surface area contributed by atoms with Crippen LogP contribution in [0, 0.1) is 6.92 Å². The molecule has 106 valence electrons. The number of benzene rings is 2. The molecule has 1 aromatic heterocycles. The van der Waals surface area contributed by atoms with Gasteiger partial charge in [-0.1, -0.05) is 35.3 Å². The van der Waals surface area contributed by atoms with Gasteiger partial charge in [0.1, 0.15) is 10.9 Å². The lowest BCUT2D eigenvalue weighted by molar-refractivity contribution is 0.415. The number of hydrogen-bond acceptors (Lipinski definition) is 3. The summed E-state index contributed by atoms with van der Waals surface area (Å²) in [5.74, 6) is 1.30. The number of fused-ring (bicyclic) bond motifs is 1. The molecule has 0 amide bonds. The van der Waals surface area contributed by atoms with Gasteiger partial charge in [-0.25, -0.2) is 9.97 Å². The highest BCUT2D eigenvalue weighted by Crippen LogP contribution is 2.30. The van der Waals surface area contributed by atoms with Crippen molar-refractivity contribution < 1.29 is 4.74 Å². The minimum absolute atomic E-state index is 0.414. The third kappa shape index (κ3) is 2.55. The largest absolute Gasteiger partial charge is 0.497 e. The quantitative estimate of drug-likeness (QED) is 0.629. The van der Waals surface area contributed by atoms with Crippen molar-refractivity contribution in [3.8, 4) is 17.1 Å². The molecule has 0 fully saturated rings. The standard InChI is InChI=1S/C16H12Cl2N2O/c1-9-13(17)7-6-12-14(9)19-16(20-15(12)18)10-4-3-5-11(8-10)21-2/h3-8H,1-2H3. The molecule has 0 spiro atoms. The first-order valence-corrected chi connectivity index (χ1v) is 7.12. The number of nitrogens with zero attached hydrogens (tertiary/aromatic N) is 2. The molecule has 0 N–H and O–H groups in total. The SMILES string of the molecule is COc1cccc(-c2nc(Cl)c3ccc(Cl)c(C)c3n2)c1. The van der Waals surface area contributed by atoms with Crippen LogP contribution in [0.5, 0.6) is 5.75 Å². The molecular formula is C16H12Cl2N2O. The number of hydrogen-bond donors (Lipinski definition) is 0. The lowest BCUT2D eigenvalue weighted by atomic mass is 10.1. The van der Waals surface area contributed by atoms with Crippen molar-refractivity contribution >= 4 is 34.1 Å². The molecule has 21 heavy (non-hydrogen) atoms. The first-order valence-electron chi connectivity index (χ1n) is 6.37. The number of methoxy groups -OCH3 is 1. The molecule has 3 nitrogen and oxygen atoms in total. The summed E-state index contributed by atoms with van der Waals surface area (Å²) in [5, 5.41) is 1.87. The van der Waals surface area contributed by atoms with Crippen LogP contribution in [0.2, 0.25) is 10.2 Å². The highest BCUT2D eigenvalue weighted by molar-refractivity contribution is 6.35. The Bertz CT molecular complexity index is 834. The van der Waals surface area contributed by atoms with Crippen LogP contribution < -0.4 is 4.74 Å². The van der Waals surface area contributed by atoms with E-state index < -0.39 is 0 Å². The van der Waals surface area contributed by atoms with Gasteiger partial charge in [-0.3, -0.25) is 0 Å². The van der Waals surface area contributed by atoms with Gasteiger partial charge in [-0.2, -0.15) is 0 Å². The molecule has 0 saturated carbocycles. The van der Waals surface area contributed by atoms with Crippen LogP contribution in [0.25, 0.3) is 22.3 Å². The van der Waals surface area contributed by atoms with Gasteiger partial charge in [0.05, 0.1) is 12.6 Å². The first-order chi connectivity index (χ1) is 10.1. The molecule has 1 heterocycles. The molecule has 2 aromatic carbocycles. The van der Waals surface area contributed by atoms with Gasteiger partial charge in [0.2, 0.25) is 0 Å². The van der Waals surface area contributed by atoms with Crippen LogP contribution in [0.4, 0.5) is 0 Å². The molecular weight excluding hydrogens is 307 g/mol. The number of rotatable bonds is 2. The normalized spacial score (nSPS) is 10.9. The summed E-state index contributed by atoms with van der Waals surface area (Å²) in [6, 6.07) is 11.2. The van der Waals surface area contributed by atoms with Crippen molar-refractivity contribution in [1.29, 1.82) is 0 Å². The van der Waals surface area contributed by atoms with Crippen LogP contribution in [-0.2, 0) is 0 Å². The third-order valence-electron chi connectivity index (χ3n) is 3.34. The molecule has 0 radical (unpaired) electrons. The summed E-state index contributed by atoms with van der Waals surface area (Å²) < 4.78 is 5.23. The van der Waals surface area contributed by atoms with E-state index in [0.717, 1.165) is 27.8 Å². The van der Waals surface area contributed by atoms with Crippen LogP contribution in [0.1, 0.15) is 5.56 Å². The molecule has 0 saturated heterocycles. The zero-order valence-electron chi connectivity index (χ0n) is 11.5. The van der Waals surface area contributed by atoms with E-state index in [2.05, 4.69) is 9.97 Å². The average Bonchev–Trinajstić information content (AvgIpc) is 2.51. The van der Waals surface area contributed by atoms with Crippen molar-refractivity contribution in [3.63, 3.8) is 0 Å². The van der Waals surface area contributed by atoms with E-state index in [1.54, 1.807) is 13.2 Å². The molecule has 5 heteroatoms. The second kappa shape index (κ2) is 5.51. The Morgan fingerprint density at radius 1 is 1.05 bits per heavy atom. The number of halogens is 2. The van der Waals surface area contributed by atoms with E-state index in [-0.39, 0.29) is 0 Å². The molecule has 0 bridgehead atoms. The van der Waals surface area contributed by atoms with Crippen LogP contribution >= 0.6 is 23.2 Å². The van der Waals surface area contributed by atoms with Gasteiger partial charge < -0.3 is 4.74 Å². The summed E-state index contributed by atoms with van der Waals surface area (Å²) in [6.07, 6.45) is 0. The Hall–Kier alpha value is -1.84. The number of aryl methyl sites for hydroxylation is 1. The second-order valence-corrected chi connectivity index (χ2v) is 5.40. The van der Waals surface area contributed by atoms with Gasteiger partial charge in [0.15, 0.2) is 5.82 Å². The topological polar surface area (TPSA) is 35.0 Å². The van der Waals surface area contributed by atoms with E-state index in [0.29, 0.717) is 16.0 Å². The summed E-state index contributed by atoms with van der Waals surface area (Å²) in [4.78, 5) is 8.98. The Labute approximate surface area is 132 Å². The zero-order valence-corrected chi connectivity index (χ0v) is 13.0. The maximum absolute atomic E-state index is 6.28. The van der Waals surface area contributed by atoms with Gasteiger partial charge in [0, 0.05) is 16.0 Å². The second-order valence-electron chi connectivity index (χ2n) is 4.64. The molecule has 0 aliphatic heterocycles. The molecule has 0 atom stereocenters. The van der Waals surface area contributed by atoms with Gasteiger partial charge in [-0.15, -0.1) is 0 Å². The maximum atomic E-state index is 6.28. The van der Waals surface area contributed by atoms with Crippen molar-refractivity contribution in [3.05, 3.63) is 52.1 Å². The third-order valence-corrected chi connectivity index (χ3v) is 4.03. The van der Waals surface area contributed by atoms with Crippen molar-refractivity contribution in [2.45, 2.75) is 6.92 Å². The van der Waals surface area contributed by atoms with Crippen LogP contribution in [0.15, 0.2) is 36.4 Å². The molecule has 0 unspecified atom stereocenters. The lowest BCUT2D eigenvalue weighted by Crippen LogP contribution is -1.94. The summed E-state index contributed by atoms with van der Waals surface area (Å²) in [7, 11) is 1.62. The van der Waals surface area contributed by atoms with Crippen molar-refractivity contribution in [2.24, 2.45) is 0 Å². The average molecular weight is 319 g/mol. The predicted octanol–water partition coefficient (Wildman–Crippen LogP) is 4.92. The van der Waals surface area contributed by atoms with Crippen molar-refractivity contribution in [1.82, 2.24) is 9.97 Å².